The lowest BCUT2D eigenvalue weighted by Crippen LogP contribution is -2.52. The Bertz CT molecular complexity index is 810. The van der Waals surface area contributed by atoms with Gasteiger partial charge in [0, 0.05) is 50.2 Å². The molecule has 4 rings (SSSR count). The SMILES string of the molecule is Cc1cc2cc(C(=O)N3CCC(O)(CN4CCN(C)CC4)C3)ccc2o1. The number of nitrogens with zero attached hydrogens (tertiary/aromatic N) is 3. The number of β-amino-alcohol motifs (C(OH)–C–C–N with tert-alkyl or cyclic N) is 1. The van der Waals surface area contributed by atoms with Crippen LogP contribution >= 0.6 is 0 Å². The number of aryl methyl sites for hydroxylation is 1. The summed E-state index contributed by atoms with van der Waals surface area (Å²) >= 11 is 0. The predicted octanol–water partition coefficient (Wildman–Crippen LogP) is 1.57. The van der Waals surface area contributed by atoms with E-state index in [1.165, 1.54) is 0 Å². The smallest absolute Gasteiger partial charge is 0.253 e. The van der Waals surface area contributed by atoms with Crippen molar-refractivity contribution in [2.45, 2.75) is 18.9 Å². The lowest BCUT2D eigenvalue weighted by molar-refractivity contribution is 0.000527. The van der Waals surface area contributed by atoms with Crippen molar-refractivity contribution in [2.24, 2.45) is 0 Å². The van der Waals surface area contributed by atoms with Crippen LogP contribution in [-0.4, -0.2) is 84.2 Å². The van der Waals surface area contributed by atoms with Gasteiger partial charge in [-0.25, -0.2) is 0 Å². The Morgan fingerprint density at radius 2 is 1.96 bits per heavy atom. The van der Waals surface area contributed by atoms with Crippen molar-refractivity contribution in [3.63, 3.8) is 0 Å². The third kappa shape index (κ3) is 3.49. The van der Waals surface area contributed by atoms with Crippen LogP contribution in [0.5, 0.6) is 0 Å². The minimum absolute atomic E-state index is 0.0138. The van der Waals surface area contributed by atoms with Crippen molar-refractivity contribution in [2.75, 3.05) is 52.9 Å². The van der Waals surface area contributed by atoms with E-state index < -0.39 is 5.60 Å². The third-order valence-electron chi connectivity index (χ3n) is 5.62. The molecule has 1 unspecified atom stereocenters. The van der Waals surface area contributed by atoms with Crippen LogP contribution in [-0.2, 0) is 0 Å². The highest BCUT2D eigenvalue weighted by Crippen LogP contribution is 2.26. The van der Waals surface area contributed by atoms with Crippen molar-refractivity contribution in [3.05, 3.63) is 35.6 Å². The van der Waals surface area contributed by atoms with Crippen LogP contribution in [0.1, 0.15) is 22.5 Å². The summed E-state index contributed by atoms with van der Waals surface area (Å²) in [7, 11) is 2.13. The van der Waals surface area contributed by atoms with Crippen molar-refractivity contribution in [3.8, 4) is 0 Å². The molecule has 2 fully saturated rings. The average Bonchev–Trinajstić information content (AvgIpc) is 3.17. The van der Waals surface area contributed by atoms with Gasteiger partial charge >= 0.3 is 0 Å². The summed E-state index contributed by atoms with van der Waals surface area (Å²) in [6, 6.07) is 7.49. The number of likely N-dealkylation sites (N-methyl/N-ethyl adjacent to an activating group) is 1. The van der Waals surface area contributed by atoms with Gasteiger partial charge in [-0.1, -0.05) is 0 Å². The first-order chi connectivity index (χ1) is 12.4. The highest BCUT2D eigenvalue weighted by Gasteiger charge is 2.40. The number of carbonyl (C=O) groups excluding carboxylic acids is 1. The van der Waals surface area contributed by atoms with E-state index in [9.17, 15) is 9.90 Å². The van der Waals surface area contributed by atoms with Crippen LogP contribution in [0.15, 0.2) is 28.7 Å². The normalized spacial score (nSPS) is 25.3. The quantitative estimate of drug-likeness (QED) is 0.904. The zero-order chi connectivity index (χ0) is 18.3. The Hall–Kier alpha value is -1.89. The lowest BCUT2D eigenvalue weighted by atomic mass is 10.0. The minimum Gasteiger partial charge on any atom is -0.461 e. The molecule has 1 N–H and O–H groups in total. The first-order valence-corrected chi connectivity index (χ1v) is 9.35. The Kier molecular flexibility index (Phi) is 4.50. The monoisotopic (exact) mass is 357 g/mol. The van der Waals surface area contributed by atoms with Crippen molar-refractivity contribution in [1.29, 1.82) is 0 Å². The Morgan fingerprint density at radius 3 is 2.73 bits per heavy atom. The minimum atomic E-state index is -0.804. The molecule has 6 nitrogen and oxygen atoms in total. The molecule has 140 valence electrons. The molecular formula is C20H27N3O3. The molecule has 2 aliphatic heterocycles. The molecule has 2 saturated heterocycles. The lowest BCUT2D eigenvalue weighted by Gasteiger charge is -2.36. The maximum Gasteiger partial charge on any atom is 0.253 e. The summed E-state index contributed by atoms with van der Waals surface area (Å²) in [5.74, 6) is 0.826. The van der Waals surface area contributed by atoms with Gasteiger partial charge in [0.2, 0.25) is 0 Å². The highest BCUT2D eigenvalue weighted by atomic mass is 16.3. The molecule has 6 heteroatoms. The van der Waals surface area contributed by atoms with E-state index in [1.54, 1.807) is 4.90 Å². The molecule has 2 aliphatic rings. The van der Waals surface area contributed by atoms with Crippen LogP contribution in [0.25, 0.3) is 11.0 Å². The summed E-state index contributed by atoms with van der Waals surface area (Å²) in [4.78, 5) is 19.3. The van der Waals surface area contributed by atoms with Crippen LogP contribution in [0.3, 0.4) is 0 Å². The van der Waals surface area contributed by atoms with Gasteiger partial charge in [0.1, 0.15) is 11.3 Å². The molecule has 0 aliphatic carbocycles. The van der Waals surface area contributed by atoms with Crippen molar-refractivity contribution < 1.29 is 14.3 Å². The van der Waals surface area contributed by atoms with E-state index in [0.29, 0.717) is 31.6 Å². The molecule has 1 atom stereocenters. The number of fused-ring (bicyclic) bond motifs is 1. The van der Waals surface area contributed by atoms with Gasteiger partial charge in [-0.2, -0.15) is 0 Å². The number of benzene rings is 1. The van der Waals surface area contributed by atoms with E-state index in [1.807, 2.05) is 31.2 Å². The fourth-order valence-electron chi connectivity index (χ4n) is 4.07. The van der Waals surface area contributed by atoms with E-state index in [2.05, 4.69) is 16.8 Å². The second kappa shape index (κ2) is 6.68. The fourth-order valence-corrected chi connectivity index (χ4v) is 4.07. The summed E-state index contributed by atoms with van der Waals surface area (Å²) in [5, 5.41) is 11.9. The van der Waals surface area contributed by atoms with E-state index in [4.69, 9.17) is 4.42 Å². The van der Waals surface area contributed by atoms with Crippen molar-refractivity contribution in [1.82, 2.24) is 14.7 Å². The topological polar surface area (TPSA) is 60.2 Å². The number of carbonyl (C=O) groups is 1. The summed E-state index contributed by atoms with van der Waals surface area (Å²) in [5.41, 5.74) is 0.649. The molecule has 2 aromatic rings. The second-order valence-electron chi connectivity index (χ2n) is 7.89. The molecule has 26 heavy (non-hydrogen) atoms. The van der Waals surface area contributed by atoms with E-state index in [-0.39, 0.29) is 5.91 Å². The standard InChI is InChI=1S/C20H27N3O3/c1-15-11-17-12-16(3-4-18(17)26-15)19(24)23-6-5-20(25,14-23)13-22-9-7-21(2)8-10-22/h3-4,11-12,25H,5-10,13-14H2,1-2H3. The zero-order valence-corrected chi connectivity index (χ0v) is 15.6. The van der Waals surface area contributed by atoms with E-state index >= 15 is 0 Å². The number of hydrogen-bond donors (Lipinski definition) is 1. The summed E-state index contributed by atoms with van der Waals surface area (Å²) in [6.45, 7) is 7.56. The van der Waals surface area contributed by atoms with Crippen molar-refractivity contribution >= 4 is 16.9 Å². The Labute approximate surface area is 154 Å². The van der Waals surface area contributed by atoms with Gasteiger partial charge in [0.05, 0.1) is 12.1 Å². The highest BCUT2D eigenvalue weighted by molar-refractivity contribution is 5.98. The first-order valence-electron chi connectivity index (χ1n) is 9.35. The number of amides is 1. The molecule has 1 aromatic heterocycles. The third-order valence-corrected chi connectivity index (χ3v) is 5.62. The number of rotatable bonds is 3. The van der Waals surface area contributed by atoms with Crippen LogP contribution in [0.4, 0.5) is 0 Å². The molecule has 0 spiro atoms. The number of furan rings is 1. The molecule has 1 amide bonds. The van der Waals surface area contributed by atoms with Crippen LogP contribution in [0.2, 0.25) is 0 Å². The van der Waals surface area contributed by atoms with Crippen LogP contribution in [0, 0.1) is 6.92 Å². The molecule has 3 heterocycles. The Balaban J connectivity index is 1.42. The number of aliphatic hydroxyl groups is 1. The summed E-state index contributed by atoms with van der Waals surface area (Å²) < 4.78 is 5.58. The number of hydrogen-bond acceptors (Lipinski definition) is 5. The van der Waals surface area contributed by atoms with Gasteiger partial charge in [0.25, 0.3) is 5.91 Å². The van der Waals surface area contributed by atoms with Gasteiger partial charge < -0.3 is 19.3 Å². The maximum atomic E-state index is 12.9. The molecule has 0 radical (unpaired) electrons. The second-order valence-corrected chi connectivity index (χ2v) is 7.89. The molecule has 1 aromatic carbocycles. The first kappa shape index (κ1) is 17.5. The van der Waals surface area contributed by atoms with Gasteiger partial charge in [0.15, 0.2) is 0 Å². The molecule has 0 saturated carbocycles. The van der Waals surface area contributed by atoms with Gasteiger partial charge in [-0.15, -0.1) is 0 Å². The largest absolute Gasteiger partial charge is 0.461 e. The van der Waals surface area contributed by atoms with Crippen LogP contribution < -0.4 is 0 Å². The van der Waals surface area contributed by atoms with Gasteiger partial charge in [-0.3, -0.25) is 9.69 Å². The zero-order valence-electron chi connectivity index (χ0n) is 15.6. The van der Waals surface area contributed by atoms with Gasteiger partial charge in [-0.05, 0) is 44.7 Å². The number of likely N-dealkylation sites (tertiary alicyclic amines) is 1. The molecular weight excluding hydrogens is 330 g/mol. The Morgan fingerprint density at radius 1 is 1.19 bits per heavy atom. The predicted molar refractivity (Wildman–Crippen MR) is 100 cm³/mol. The fraction of sp³-hybridized carbons (Fsp3) is 0.550. The molecule has 0 bridgehead atoms. The number of piperazine rings is 1. The average molecular weight is 357 g/mol. The summed E-state index contributed by atoms with van der Waals surface area (Å²) in [6.07, 6.45) is 0.637. The van der Waals surface area contributed by atoms with E-state index in [0.717, 1.165) is 42.9 Å². The maximum absolute atomic E-state index is 12.9.